The third-order valence-electron chi connectivity index (χ3n) is 7.42. The number of benzene rings is 3. The fourth-order valence-electron chi connectivity index (χ4n) is 6.22. The van der Waals surface area contributed by atoms with Crippen molar-refractivity contribution < 1.29 is 14.5 Å². The second-order valence-electron chi connectivity index (χ2n) is 8.76. The monoisotopic (exact) mass is 444 g/mol. The lowest BCUT2D eigenvalue weighted by Crippen LogP contribution is -2.51. The zero-order chi connectivity index (χ0) is 22.4. The molecule has 3 aromatic rings. The summed E-state index contributed by atoms with van der Waals surface area (Å²) in [7, 11) is 0. The molecule has 0 N–H and O–H groups in total. The highest BCUT2D eigenvalue weighted by Gasteiger charge is 2.66. The van der Waals surface area contributed by atoms with Gasteiger partial charge in [0.2, 0.25) is 11.8 Å². The number of hydrogen-bond acceptors (Lipinski definition) is 4. The Kier molecular flexibility index (Phi) is 3.76. The van der Waals surface area contributed by atoms with Crippen LogP contribution in [0.15, 0.2) is 66.7 Å². The van der Waals surface area contributed by atoms with Crippen LogP contribution in [0.2, 0.25) is 5.02 Å². The van der Waals surface area contributed by atoms with E-state index in [9.17, 15) is 19.7 Å². The van der Waals surface area contributed by atoms with Crippen LogP contribution >= 0.6 is 11.6 Å². The third-order valence-corrected chi connectivity index (χ3v) is 7.65. The first-order valence-electron chi connectivity index (χ1n) is 10.4. The summed E-state index contributed by atoms with van der Waals surface area (Å²) in [4.78, 5) is 39.8. The van der Waals surface area contributed by atoms with Gasteiger partial charge in [0, 0.05) is 22.4 Å². The molecule has 0 saturated carbocycles. The Balaban J connectivity index is 1.61. The van der Waals surface area contributed by atoms with Gasteiger partial charge in [0.25, 0.3) is 5.69 Å². The molecule has 0 radical (unpaired) electrons. The highest BCUT2D eigenvalue weighted by Crippen LogP contribution is 2.64. The van der Waals surface area contributed by atoms with Gasteiger partial charge in [-0.2, -0.15) is 0 Å². The maximum atomic E-state index is 13.9. The van der Waals surface area contributed by atoms with E-state index in [4.69, 9.17) is 11.6 Å². The van der Waals surface area contributed by atoms with Crippen molar-refractivity contribution >= 4 is 34.8 Å². The Bertz CT molecular complexity index is 1320. The van der Waals surface area contributed by atoms with Crippen molar-refractivity contribution in [3.05, 3.63) is 104 Å². The van der Waals surface area contributed by atoms with E-state index >= 15 is 0 Å². The van der Waals surface area contributed by atoms with Gasteiger partial charge >= 0.3 is 0 Å². The molecule has 0 aromatic heterocycles. The van der Waals surface area contributed by atoms with Gasteiger partial charge in [0.05, 0.1) is 16.8 Å². The number of amides is 2. The minimum absolute atomic E-state index is 0.0279. The summed E-state index contributed by atoms with van der Waals surface area (Å²) in [6.07, 6.45) is 0. The summed E-state index contributed by atoms with van der Waals surface area (Å²) >= 11 is 5.97. The van der Waals surface area contributed by atoms with Gasteiger partial charge < -0.3 is 0 Å². The average Bonchev–Trinajstić information content (AvgIpc) is 3.06. The maximum absolute atomic E-state index is 13.9. The number of nitro groups is 1. The average molecular weight is 445 g/mol. The number of anilines is 1. The van der Waals surface area contributed by atoms with Crippen molar-refractivity contribution in [2.45, 2.75) is 18.3 Å². The Morgan fingerprint density at radius 3 is 2.12 bits per heavy atom. The molecule has 3 aromatic carbocycles. The smallest absolute Gasteiger partial charge is 0.274 e. The summed E-state index contributed by atoms with van der Waals surface area (Å²) in [5.41, 5.74) is 3.07. The Morgan fingerprint density at radius 2 is 1.53 bits per heavy atom. The molecule has 7 rings (SSSR count). The van der Waals surface area contributed by atoms with E-state index < -0.39 is 34.0 Å². The van der Waals surface area contributed by atoms with Crippen LogP contribution in [0.25, 0.3) is 0 Å². The van der Waals surface area contributed by atoms with Crippen LogP contribution in [0.5, 0.6) is 0 Å². The van der Waals surface area contributed by atoms with Crippen molar-refractivity contribution in [1.82, 2.24) is 0 Å². The lowest BCUT2D eigenvalue weighted by Gasteiger charge is -2.52. The number of halogens is 1. The van der Waals surface area contributed by atoms with Crippen LogP contribution in [0.1, 0.15) is 35.1 Å². The highest BCUT2D eigenvalue weighted by molar-refractivity contribution is 6.31. The molecule has 0 spiro atoms. The van der Waals surface area contributed by atoms with E-state index in [2.05, 4.69) is 0 Å². The lowest BCUT2D eigenvalue weighted by atomic mass is 9.48. The molecule has 1 saturated heterocycles. The molecule has 2 bridgehead atoms. The first-order valence-corrected chi connectivity index (χ1v) is 10.7. The summed E-state index contributed by atoms with van der Waals surface area (Å²) in [5.74, 6) is -2.33. The molecule has 32 heavy (non-hydrogen) atoms. The fourth-order valence-corrected chi connectivity index (χ4v) is 6.39. The lowest BCUT2D eigenvalue weighted by molar-refractivity contribution is -0.384. The quantitative estimate of drug-likeness (QED) is 0.322. The van der Waals surface area contributed by atoms with E-state index in [1.807, 2.05) is 55.5 Å². The predicted molar refractivity (Wildman–Crippen MR) is 119 cm³/mol. The van der Waals surface area contributed by atoms with E-state index in [1.165, 1.54) is 18.2 Å². The van der Waals surface area contributed by atoms with Crippen LogP contribution in [0.3, 0.4) is 0 Å². The minimum atomic E-state index is -0.713. The second-order valence-corrected chi connectivity index (χ2v) is 9.20. The molecular weight excluding hydrogens is 428 g/mol. The SMILES string of the molecule is CC12c3ccccc3C(c3ccccc31)[C@@H]1C(=O)N(c3ccc(Cl)cc3[N+](=O)[O-])C(=O)[C@@H]12. The summed E-state index contributed by atoms with van der Waals surface area (Å²) in [6.45, 7) is 2.02. The number of imide groups is 1. The molecule has 2 amide bonds. The fraction of sp³-hybridized carbons (Fsp3) is 0.200. The summed E-state index contributed by atoms with van der Waals surface area (Å²) < 4.78 is 0. The normalized spacial score (nSPS) is 27.2. The maximum Gasteiger partial charge on any atom is 0.294 e. The zero-order valence-electron chi connectivity index (χ0n) is 17.0. The molecule has 1 aliphatic heterocycles. The molecule has 158 valence electrons. The van der Waals surface area contributed by atoms with Gasteiger partial charge in [0.15, 0.2) is 0 Å². The zero-order valence-corrected chi connectivity index (χ0v) is 17.7. The topological polar surface area (TPSA) is 80.5 Å². The molecule has 4 aliphatic rings. The van der Waals surface area contributed by atoms with Gasteiger partial charge in [-0.3, -0.25) is 19.7 Å². The van der Waals surface area contributed by atoms with Gasteiger partial charge in [0.1, 0.15) is 5.69 Å². The van der Waals surface area contributed by atoms with Crippen LogP contribution in [0.4, 0.5) is 11.4 Å². The molecule has 0 unspecified atom stereocenters. The van der Waals surface area contributed by atoms with Gasteiger partial charge in [-0.25, -0.2) is 4.90 Å². The third kappa shape index (κ3) is 2.15. The number of carbonyl (C=O) groups is 2. The number of nitrogens with zero attached hydrogens (tertiary/aromatic N) is 2. The van der Waals surface area contributed by atoms with Crippen LogP contribution in [-0.2, 0) is 15.0 Å². The number of carbonyl (C=O) groups excluding carboxylic acids is 2. The van der Waals surface area contributed by atoms with Crippen molar-refractivity contribution in [3.8, 4) is 0 Å². The second kappa shape index (κ2) is 6.26. The van der Waals surface area contributed by atoms with Gasteiger partial charge in [-0.1, -0.05) is 67.1 Å². The first kappa shape index (κ1) is 19.2. The Labute approximate surface area is 188 Å². The molecule has 2 atom stereocenters. The van der Waals surface area contributed by atoms with Crippen LogP contribution in [-0.4, -0.2) is 16.7 Å². The highest BCUT2D eigenvalue weighted by atomic mass is 35.5. The predicted octanol–water partition coefficient (Wildman–Crippen LogP) is 4.82. The molecule has 6 nitrogen and oxygen atoms in total. The number of rotatable bonds is 2. The van der Waals surface area contributed by atoms with Gasteiger partial charge in [-0.05, 0) is 34.4 Å². The summed E-state index contributed by atoms with van der Waals surface area (Å²) in [6, 6.07) is 19.9. The van der Waals surface area contributed by atoms with Crippen molar-refractivity contribution in [1.29, 1.82) is 0 Å². The van der Waals surface area contributed by atoms with Crippen LogP contribution in [0, 0.1) is 22.0 Å². The first-order chi connectivity index (χ1) is 15.4. The largest absolute Gasteiger partial charge is 0.294 e. The van der Waals surface area contributed by atoms with Crippen molar-refractivity contribution in [2.24, 2.45) is 11.8 Å². The van der Waals surface area contributed by atoms with Crippen molar-refractivity contribution in [3.63, 3.8) is 0 Å². The molecular formula is C25H17ClN2O4. The number of hydrogen-bond donors (Lipinski definition) is 0. The molecule has 1 fully saturated rings. The summed E-state index contributed by atoms with van der Waals surface area (Å²) in [5, 5.41) is 11.9. The standard InChI is InChI=1S/C25H17ClN2O4/c1-25-16-8-4-2-6-14(16)20(15-7-3-5-9-17(15)25)21-22(25)24(30)27(23(21)29)18-11-10-13(26)12-19(18)28(31)32/h2-12,20-22H,1H3/t20?,21-,22+,25?/m0/s1. The van der Waals surface area contributed by atoms with E-state index in [0.717, 1.165) is 27.2 Å². The van der Waals surface area contributed by atoms with E-state index in [1.54, 1.807) is 0 Å². The Hall–Kier alpha value is -3.51. The van der Waals surface area contributed by atoms with E-state index in [-0.39, 0.29) is 22.3 Å². The molecule has 3 aliphatic carbocycles. The number of nitro benzene ring substituents is 1. The minimum Gasteiger partial charge on any atom is -0.274 e. The Morgan fingerprint density at radius 1 is 0.938 bits per heavy atom. The molecule has 1 heterocycles. The molecule has 7 heteroatoms. The van der Waals surface area contributed by atoms with Gasteiger partial charge in [-0.15, -0.1) is 0 Å². The van der Waals surface area contributed by atoms with Crippen molar-refractivity contribution in [2.75, 3.05) is 4.90 Å². The van der Waals surface area contributed by atoms with Crippen LogP contribution < -0.4 is 4.90 Å². The van der Waals surface area contributed by atoms with E-state index in [0.29, 0.717) is 0 Å².